The average molecular weight is 396 g/mol. The fourth-order valence-corrected chi connectivity index (χ4v) is 5.44. The van der Waals surface area contributed by atoms with Crippen LogP contribution in [0.2, 0.25) is 0 Å². The molecule has 1 amide bonds. The lowest BCUT2D eigenvalue weighted by Gasteiger charge is -2.41. The van der Waals surface area contributed by atoms with E-state index in [0.717, 1.165) is 75.5 Å². The number of hydrogen-bond donors (Lipinski definition) is 1. The Hall–Kier alpha value is -1.92. The molecule has 0 unspecified atom stereocenters. The summed E-state index contributed by atoms with van der Waals surface area (Å²) in [6, 6.07) is 8.94. The van der Waals surface area contributed by atoms with Crippen molar-refractivity contribution in [2.75, 3.05) is 39.3 Å². The lowest BCUT2D eigenvalue weighted by Crippen LogP contribution is -2.49. The number of benzene rings is 1. The minimum Gasteiger partial charge on any atom is -0.342 e. The number of H-pyrrole nitrogens is 1. The number of amides is 1. The summed E-state index contributed by atoms with van der Waals surface area (Å²) in [7, 11) is 0. The maximum atomic E-state index is 12.7. The molecule has 0 saturated carbocycles. The molecular weight excluding hydrogens is 362 g/mol. The Kier molecular flexibility index (Phi) is 5.55. The largest absolute Gasteiger partial charge is 0.342 e. The molecule has 4 heterocycles. The highest BCUT2D eigenvalue weighted by atomic mass is 16.2. The number of aromatic amines is 1. The standard InChI is InChI=1S/C23H33N5O/c29-23(28-11-3-4-12-28)18-7-15-27(16-8-18)19-9-13-26(14-10-19)17-22-24-20-5-1-2-6-21(20)25-22/h1-2,5-6,18-19H,3-4,7-17H2,(H,24,25). The highest BCUT2D eigenvalue weighted by molar-refractivity contribution is 5.79. The normalized spacial score (nSPS) is 23.2. The Bertz CT molecular complexity index is 794. The third-order valence-corrected chi connectivity index (χ3v) is 7.18. The number of likely N-dealkylation sites (tertiary alicyclic amines) is 3. The fourth-order valence-electron chi connectivity index (χ4n) is 5.44. The van der Waals surface area contributed by atoms with Gasteiger partial charge in [0.15, 0.2) is 0 Å². The number of carbonyl (C=O) groups is 1. The van der Waals surface area contributed by atoms with Gasteiger partial charge in [0.1, 0.15) is 5.82 Å². The van der Waals surface area contributed by atoms with E-state index in [1.807, 2.05) is 6.07 Å². The number of piperidine rings is 2. The number of imidazole rings is 1. The van der Waals surface area contributed by atoms with Gasteiger partial charge in [-0.2, -0.15) is 0 Å². The van der Waals surface area contributed by atoms with Gasteiger partial charge in [-0.15, -0.1) is 0 Å². The minimum absolute atomic E-state index is 0.275. The van der Waals surface area contributed by atoms with Gasteiger partial charge in [0, 0.05) is 38.1 Å². The predicted octanol–water partition coefficient (Wildman–Crippen LogP) is 2.86. The van der Waals surface area contributed by atoms with Gasteiger partial charge in [0.25, 0.3) is 0 Å². The molecule has 2 aromatic rings. The van der Waals surface area contributed by atoms with Crippen LogP contribution >= 0.6 is 0 Å². The van der Waals surface area contributed by atoms with Crippen LogP contribution in [0.25, 0.3) is 11.0 Å². The van der Waals surface area contributed by atoms with E-state index in [1.165, 1.54) is 25.7 Å². The molecule has 3 aliphatic heterocycles. The highest BCUT2D eigenvalue weighted by Gasteiger charge is 2.33. The fraction of sp³-hybridized carbons (Fsp3) is 0.652. The molecule has 29 heavy (non-hydrogen) atoms. The van der Waals surface area contributed by atoms with Crippen molar-refractivity contribution in [3.63, 3.8) is 0 Å². The van der Waals surface area contributed by atoms with Crippen LogP contribution in [0.4, 0.5) is 0 Å². The second-order valence-corrected chi connectivity index (χ2v) is 9.05. The molecular formula is C23H33N5O. The molecule has 0 atom stereocenters. The van der Waals surface area contributed by atoms with Gasteiger partial charge in [-0.25, -0.2) is 4.98 Å². The summed E-state index contributed by atoms with van der Waals surface area (Å²) in [6.45, 7) is 7.35. The molecule has 0 radical (unpaired) electrons. The first kappa shape index (κ1) is 19.1. The van der Waals surface area contributed by atoms with Crippen molar-refractivity contribution in [3.05, 3.63) is 30.1 Å². The topological polar surface area (TPSA) is 55.5 Å². The van der Waals surface area contributed by atoms with Crippen LogP contribution in [-0.2, 0) is 11.3 Å². The highest BCUT2D eigenvalue weighted by Crippen LogP contribution is 2.26. The molecule has 5 rings (SSSR count). The zero-order chi connectivity index (χ0) is 19.6. The summed E-state index contributed by atoms with van der Waals surface area (Å²) < 4.78 is 0. The quantitative estimate of drug-likeness (QED) is 0.865. The first-order valence-electron chi connectivity index (χ1n) is 11.4. The van der Waals surface area contributed by atoms with Gasteiger partial charge in [-0.05, 0) is 63.7 Å². The number of aromatic nitrogens is 2. The summed E-state index contributed by atoms with van der Waals surface area (Å²) in [5, 5.41) is 0. The number of nitrogens with one attached hydrogen (secondary N) is 1. The van der Waals surface area contributed by atoms with Crippen LogP contribution in [0.3, 0.4) is 0 Å². The molecule has 1 aromatic carbocycles. The lowest BCUT2D eigenvalue weighted by atomic mass is 9.92. The van der Waals surface area contributed by atoms with Crippen LogP contribution in [0, 0.1) is 5.92 Å². The first-order valence-corrected chi connectivity index (χ1v) is 11.4. The van der Waals surface area contributed by atoms with E-state index in [-0.39, 0.29) is 5.92 Å². The molecule has 1 N–H and O–H groups in total. The zero-order valence-corrected chi connectivity index (χ0v) is 17.4. The maximum absolute atomic E-state index is 12.7. The number of para-hydroxylation sites is 2. The molecule has 6 heteroatoms. The Labute approximate surface area is 173 Å². The van der Waals surface area contributed by atoms with Crippen LogP contribution in [-0.4, -0.2) is 75.9 Å². The molecule has 3 fully saturated rings. The van der Waals surface area contributed by atoms with Crippen molar-refractivity contribution < 1.29 is 4.79 Å². The third-order valence-electron chi connectivity index (χ3n) is 7.18. The van der Waals surface area contributed by atoms with Crippen molar-refractivity contribution in [2.45, 2.75) is 51.1 Å². The van der Waals surface area contributed by atoms with Crippen molar-refractivity contribution in [3.8, 4) is 0 Å². The Morgan fingerprint density at radius 2 is 1.69 bits per heavy atom. The van der Waals surface area contributed by atoms with E-state index < -0.39 is 0 Å². The predicted molar refractivity (Wildman–Crippen MR) is 115 cm³/mol. The van der Waals surface area contributed by atoms with Crippen molar-refractivity contribution in [2.24, 2.45) is 5.92 Å². The lowest BCUT2D eigenvalue weighted by molar-refractivity contribution is -0.136. The second kappa shape index (κ2) is 8.44. The molecule has 0 spiro atoms. The summed E-state index contributed by atoms with van der Waals surface area (Å²) >= 11 is 0. The summed E-state index contributed by atoms with van der Waals surface area (Å²) in [6.07, 6.45) is 6.94. The third kappa shape index (κ3) is 4.19. The van der Waals surface area contributed by atoms with E-state index in [0.29, 0.717) is 11.9 Å². The minimum atomic E-state index is 0.275. The van der Waals surface area contributed by atoms with Crippen LogP contribution in [0.5, 0.6) is 0 Å². The van der Waals surface area contributed by atoms with Crippen molar-refractivity contribution >= 4 is 16.9 Å². The molecule has 3 aliphatic rings. The summed E-state index contributed by atoms with van der Waals surface area (Å²) in [5.41, 5.74) is 2.19. The Morgan fingerprint density at radius 3 is 2.41 bits per heavy atom. The van der Waals surface area contributed by atoms with Crippen LogP contribution < -0.4 is 0 Å². The molecule has 6 nitrogen and oxygen atoms in total. The van der Waals surface area contributed by atoms with E-state index >= 15 is 0 Å². The maximum Gasteiger partial charge on any atom is 0.225 e. The van der Waals surface area contributed by atoms with Crippen LogP contribution in [0.1, 0.15) is 44.3 Å². The molecule has 0 aliphatic carbocycles. The van der Waals surface area contributed by atoms with Gasteiger partial charge in [-0.1, -0.05) is 12.1 Å². The van der Waals surface area contributed by atoms with Gasteiger partial charge in [-0.3, -0.25) is 9.69 Å². The molecule has 0 bridgehead atoms. The second-order valence-electron chi connectivity index (χ2n) is 9.05. The van der Waals surface area contributed by atoms with Crippen molar-refractivity contribution in [1.29, 1.82) is 0 Å². The molecule has 156 valence electrons. The molecule has 1 aromatic heterocycles. The summed E-state index contributed by atoms with van der Waals surface area (Å²) in [5.74, 6) is 1.78. The van der Waals surface area contributed by atoms with Gasteiger partial charge in [0.05, 0.1) is 17.6 Å². The number of carbonyl (C=O) groups excluding carboxylic acids is 1. The smallest absolute Gasteiger partial charge is 0.225 e. The van der Waals surface area contributed by atoms with E-state index in [1.54, 1.807) is 0 Å². The number of rotatable bonds is 4. The zero-order valence-electron chi connectivity index (χ0n) is 17.4. The molecule has 3 saturated heterocycles. The Morgan fingerprint density at radius 1 is 0.966 bits per heavy atom. The Balaban J connectivity index is 1.08. The first-order chi connectivity index (χ1) is 14.3. The van der Waals surface area contributed by atoms with Gasteiger partial charge < -0.3 is 14.8 Å². The number of nitrogens with zero attached hydrogens (tertiary/aromatic N) is 4. The van der Waals surface area contributed by atoms with E-state index in [9.17, 15) is 4.79 Å². The summed E-state index contributed by atoms with van der Waals surface area (Å²) in [4.78, 5) is 28.1. The van der Waals surface area contributed by atoms with Gasteiger partial charge >= 0.3 is 0 Å². The van der Waals surface area contributed by atoms with E-state index in [2.05, 4.69) is 37.9 Å². The van der Waals surface area contributed by atoms with E-state index in [4.69, 9.17) is 4.98 Å². The average Bonchev–Trinajstić information content (AvgIpc) is 3.43. The van der Waals surface area contributed by atoms with Crippen molar-refractivity contribution in [1.82, 2.24) is 24.7 Å². The monoisotopic (exact) mass is 395 g/mol. The van der Waals surface area contributed by atoms with Gasteiger partial charge in [0.2, 0.25) is 5.91 Å². The SMILES string of the molecule is O=C(C1CCN(C2CCN(Cc3nc4ccccc4[nH]3)CC2)CC1)N1CCCC1. The number of hydrogen-bond acceptors (Lipinski definition) is 4. The number of fused-ring (bicyclic) bond motifs is 1. The van der Waals surface area contributed by atoms with Crippen LogP contribution in [0.15, 0.2) is 24.3 Å².